The van der Waals surface area contributed by atoms with E-state index in [2.05, 4.69) is 0 Å². The number of benzene rings is 3. The summed E-state index contributed by atoms with van der Waals surface area (Å²) in [6, 6.07) is 12.0. The molecular weight excluding hydrogens is 492 g/mol. The molecule has 9 heteroatoms. The fourth-order valence-corrected chi connectivity index (χ4v) is 5.20. The van der Waals surface area contributed by atoms with Crippen molar-refractivity contribution in [3.63, 3.8) is 0 Å². The summed E-state index contributed by atoms with van der Waals surface area (Å²) < 4.78 is 34.3. The number of hydrogen-bond donors (Lipinski definition) is 2. The van der Waals surface area contributed by atoms with Gasteiger partial charge in [0, 0.05) is 16.7 Å². The van der Waals surface area contributed by atoms with Crippen molar-refractivity contribution < 1.29 is 43.4 Å². The van der Waals surface area contributed by atoms with E-state index in [1.54, 1.807) is 49.4 Å². The lowest BCUT2D eigenvalue weighted by molar-refractivity contribution is -0.107. The molecule has 0 spiro atoms. The highest BCUT2D eigenvalue weighted by atomic mass is 16.7. The third-order valence-electron chi connectivity index (χ3n) is 7.40. The molecule has 0 bridgehead atoms. The molecule has 1 heterocycles. The summed E-state index contributed by atoms with van der Waals surface area (Å²) in [4.78, 5) is 13.3. The number of carbonyl (C=O) groups is 1. The van der Waals surface area contributed by atoms with Crippen LogP contribution in [0.5, 0.6) is 34.5 Å². The van der Waals surface area contributed by atoms with Crippen LogP contribution in [0.25, 0.3) is 11.1 Å². The molecule has 9 nitrogen and oxygen atoms in total. The van der Waals surface area contributed by atoms with Crippen molar-refractivity contribution >= 4 is 5.97 Å². The molecule has 3 aromatic rings. The number of esters is 1. The fraction of sp³-hybridized carbons (Fsp3) is 0.345. The Bertz CT molecular complexity index is 1380. The highest BCUT2D eigenvalue weighted by Gasteiger charge is 2.47. The van der Waals surface area contributed by atoms with Gasteiger partial charge in [-0.3, -0.25) is 0 Å². The number of rotatable bonds is 5. The van der Waals surface area contributed by atoms with Gasteiger partial charge in [-0.05, 0) is 49.1 Å². The SMILES string of the molecule is COc1cc2c(c(O)c1OC)-c1c(cc3c(c1OC)OCO3)[C@H](OC(=O)c1ccccc1)[C@](C)(O)[C@H](C)C2. The number of ether oxygens (including phenoxy) is 6. The van der Waals surface area contributed by atoms with Gasteiger partial charge in [-0.15, -0.1) is 0 Å². The summed E-state index contributed by atoms with van der Waals surface area (Å²) in [6.07, 6.45) is -0.851. The minimum Gasteiger partial charge on any atom is -0.504 e. The van der Waals surface area contributed by atoms with Gasteiger partial charge in [0.2, 0.25) is 18.3 Å². The molecule has 3 aromatic carbocycles. The zero-order chi connectivity index (χ0) is 27.2. The Labute approximate surface area is 220 Å². The minimum absolute atomic E-state index is 0.0410. The second-order valence-electron chi connectivity index (χ2n) is 9.59. The number of methoxy groups -OCH3 is 3. The molecule has 1 aliphatic carbocycles. The third kappa shape index (κ3) is 3.94. The molecule has 0 saturated heterocycles. The van der Waals surface area contributed by atoms with Crippen molar-refractivity contribution in [3.8, 4) is 45.6 Å². The maximum absolute atomic E-state index is 13.3. The van der Waals surface area contributed by atoms with Crippen LogP contribution in [0.3, 0.4) is 0 Å². The first-order valence-corrected chi connectivity index (χ1v) is 12.2. The lowest BCUT2D eigenvalue weighted by Gasteiger charge is -2.41. The van der Waals surface area contributed by atoms with E-state index in [9.17, 15) is 15.0 Å². The maximum atomic E-state index is 13.3. The monoisotopic (exact) mass is 522 g/mol. The smallest absolute Gasteiger partial charge is 0.338 e. The molecule has 2 aliphatic rings. The summed E-state index contributed by atoms with van der Waals surface area (Å²) in [6.45, 7) is 3.45. The van der Waals surface area contributed by atoms with Crippen LogP contribution in [-0.2, 0) is 11.2 Å². The average molecular weight is 523 g/mol. The van der Waals surface area contributed by atoms with E-state index >= 15 is 0 Å². The molecule has 5 rings (SSSR count). The summed E-state index contributed by atoms with van der Waals surface area (Å²) in [5.74, 6) is 0.228. The van der Waals surface area contributed by atoms with Gasteiger partial charge in [-0.2, -0.15) is 0 Å². The van der Waals surface area contributed by atoms with Gasteiger partial charge in [0.15, 0.2) is 29.1 Å². The number of phenolic OH excluding ortho intramolecular Hbond substituents is 1. The molecule has 0 unspecified atom stereocenters. The highest BCUT2D eigenvalue weighted by molar-refractivity contribution is 5.91. The predicted octanol–water partition coefficient (Wildman–Crippen LogP) is 4.66. The van der Waals surface area contributed by atoms with E-state index in [0.29, 0.717) is 51.5 Å². The van der Waals surface area contributed by atoms with Gasteiger partial charge >= 0.3 is 5.97 Å². The molecule has 3 atom stereocenters. The summed E-state index contributed by atoms with van der Waals surface area (Å²) in [7, 11) is 4.39. The van der Waals surface area contributed by atoms with E-state index in [-0.39, 0.29) is 24.0 Å². The van der Waals surface area contributed by atoms with E-state index in [4.69, 9.17) is 28.4 Å². The molecule has 200 valence electrons. The Balaban J connectivity index is 1.84. The zero-order valence-corrected chi connectivity index (χ0v) is 21.9. The van der Waals surface area contributed by atoms with Crippen LogP contribution in [0, 0.1) is 5.92 Å². The van der Waals surface area contributed by atoms with Gasteiger partial charge in [-0.25, -0.2) is 4.79 Å². The Morgan fingerprint density at radius 3 is 2.37 bits per heavy atom. The standard InChI is InChI=1S/C29H30O9/c1-15-11-17-12-19(33-3)24(34-4)23(30)21(17)22-18(13-20-25(26(22)35-5)37-14-36-20)27(29(15,2)32)38-28(31)16-9-7-6-8-10-16/h6-10,12-13,15,27,30,32H,11,14H2,1-5H3/t15-,27+,29-/m1/s1. The van der Waals surface area contributed by atoms with Crippen LogP contribution in [0.4, 0.5) is 0 Å². The van der Waals surface area contributed by atoms with Crippen LogP contribution in [-0.4, -0.2) is 49.9 Å². The van der Waals surface area contributed by atoms with Gasteiger partial charge < -0.3 is 38.6 Å². The highest BCUT2D eigenvalue weighted by Crippen LogP contribution is 2.59. The lowest BCUT2D eigenvalue weighted by Crippen LogP contribution is -2.43. The number of hydrogen-bond acceptors (Lipinski definition) is 9. The number of phenols is 1. The largest absolute Gasteiger partial charge is 0.504 e. The first-order valence-electron chi connectivity index (χ1n) is 12.2. The summed E-state index contributed by atoms with van der Waals surface area (Å²) >= 11 is 0. The molecule has 0 fully saturated rings. The van der Waals surface area contributed by atoms with Crippen molar-refractivity contribution in [2.75, 3.05) is 28.1 Å². The van der Waals surface area contributed by atoms with Gasteiger partial charge in [0.25, 0.3) is 0 Å². The normalized spacial score (nSPS) is 21.4. The molecule has 0 radical (unpaired) electrons. The molecule has 2 N–H and O–H groups in total. The van der Waals surface area contributed by atoms with Crippen molar-refractivity contribution in [1.82, 2.24) is 0 Å². The molecular formula is C29H30O9. The average Bonchev–Trinajstić information content (AvgIpc) is 3.39. The number of carbonyl (C=O) groups excluding carboxylic acids is 1. The predicted molar refractivity (Wildman–Crippen MR) is 137 cm³/mol. The van der Waals surface area contributed by atoms with Gasteiger partial charge in [0.05, 0.1) is 26.9 Å². The van der Waals surface area contributed by atoms with E-state index in [1.165, 1.54) is 21.3 Å². The van der Waals surface area contributed by atoms with Crippen molar-refractivity contribution in [2.45, 2.75) is 32.0 Å². The Morgan fingerprint density at radius 2 is 1.71 bits per heavy atom. The van der Waals surface area contributed by atoms with Crippen molar-refractivity contribution in [3.05, 3.63) is 59.2 Å². The molecule has 38 heavy (non-hydrogen) atoms. The van der Waals surface area contributed by atoms with Crippen LogP contribution in [0.1, 0.15) is 41.4 Å². The topological polar surface area (TPSA) is 113 Å². The van der Waals surface area contributed by atoms with Gasteiger partial charge in [-0.1, -0.05) is 25.1 Å². The van der Waals surface area contributed by atoms with Crippen LogP contribution >= 0.6 is 0 Å². The molecule has 0 saturated carbocycles. The Hall–Kier alpha value is -4.11. The maximum Gasteiger partial charge on any atom is 0.338 e. The number of aromatic hydroxyl groups is 1. The van der Waals surface area contributed by atoms with Crippen LogP contribution < -0.4 is 23.7 Å². The second kappa shape index (κ2) is 9.64. The zero-order valence-electron chi connectivity index (χ0n) is 21.9. The van der Waals surface area contributed by atoms with Crippen LogP contribution in [0.2, 0.25) is 0 Å². The van der Waals surface area contributed by atoms with Crippen molar-refractivity contribution in [2.24, 2.45) is 5.92 Å². The molecule has 0 amide bonds. The third-order valence-corrected chi connectivity index (χ3v) is 7.40. The lowest BCUT2D eigenvalue weighted by atomic mass is 9.73. The van der Waals surface area contributed by atoms with Crippen LogP contribution in [0.15, 0.2) is 42.5 Å². The molecule has 0 aromatic heterocycles. The van der Waals surface area contributed by atoms with E-state index in [1.807, 2.05) is 6.92 Å². The second-order valence-corrected chi connectivity index (χ2v) is 9.59. The summed E-state index contributed by atoms with van der Waals surface area (Å²) in [5.41, 5.74) is 0.647. The number of aliphatic hydroxyl groups is 1. The quantitative estimate of drug-likeness (QED) is 0.462. The molecule has 1 aliphatic heterocycles. The summed E-state index contributed by atoms with van der Waals surface area (Å²) in [5, 5.41) is 23.5. The van der Waals surface area contributed by atoms with E-state index < -0.39 is 23.6 Å². The number of fused-ring (bicyclic) bond motifs is 4. The first-order chi connectivity index (χ1) is 18.2. The Morgan fingerprint density at radius 1 is 1.00 bits per heavy atom. The fourth-order valence-electron chi connectivity index (χ4n) is 5.20. The van der Waals surface area contributed by atoms with E-state index in [0.717, 1.165) is 0 Å². The Kier molecular flexibility index (Phi) is 6.48. The van der Waals surface area contributed by atoms with Crippen molar-refractivity contribution in [1.29, 1.82) is 0 Å². The minimum atomic E-state index is -1.54. The van der Waals surface area contributed by atoms with Gasteiger partial charge in [0.1, 0.15) is 5.60 Å². The first kappa shape index (κ1) is 25.5.